The first-order valence-electron chi connectivity index (χ1n) is 5.49. The van der Waals surface area contributed by atoms with Crippen LogP contribution in [-0.2, 0) is 10.0 Å². The van der Waals surface area contributed by atoms with Gasteiger partial charge in [0.2, 0.25) is 0 Å². The van der Waals surface area contributed by atoms with Crippen LogP contribution in [0.1, 0.15) is 5.56 Å². The third kappa shape index (κ3) is 3.31. The molecule has 0 aliphatic heterocycles. The first kappa shape index (κ1) is 15.3. The highest BCUT2D eigenvalue weighted by Crippen LogP contribution is 2.25. The molecule has 3 N–H and O–H groups in total. The predicted octanol–water partition coefficient (Wildman–Crippen LogP) is 3.30. The summed E-state index contributed by atoms with van der Waals surface area (Å²) in [5, 5.41) is 0. The Balaban J connectivity index is 2.38. The number of hydrogen-bond acceptors (Lipinski definition) is 4. The minimum absolute atomic E-state index is 0.0290. The molecule has 0 spiro atoms. The van der Waals surface area contributed by atoms with Crippen molar-refractivity contribution in [1.82, 2.24) is 4.98 Å². The highest BCUT2D eigenvalue weighted by molar-refractivity contribution is 9.10. The fraction of sp³-hybridized carbons (Fsp3) is 0.0833. The zero-order chi connectivity index (χ0) is 14.9. The maximum Gasteiger partial charge on any atom is 0.263 e. The van der Waals surface area contributed by atoms with Gasteiger partial charge in [-0.25, -0.2) is 13.4 Å². The Labute approximate surface area is 133 Å². The van der Waals surface area contributed by atoms with Crippen molar-refractivity contribution in [2.45, 2.75) is 11.8 Å². The second-order valence-electron chi connectivity index (χ2n) is 4.12. The van der Waals surface area contributed by atoms with Crippen molar-refractivity contribution in [2.24, 2.45) is 0 Å². The number of anilines is 2. The number of nitrogens with zero attached hydrogens (tertiary/aromatic N) is 1. The minimum Gasteiger partial charge on any atom is -0.398 e. The average molecular weight is 421 g/mol. The molecule has 0 aliphatic rings. The van der Waals surface area contributed by atoms with E-state index in [0.717, 1.165) is 10.0 Å². The number of benzene rings is 1. The van der Waals surface area contributed by atoms with Crippen LogP contribution in [0.25, 0.3) is 0 Å². The Morgan fingerprint density at radius 3 is 2.55 bits per heavy atom. The number of sulfonamides is 1. The van der Waals surface area contributed by atoms with Crippen molar-refractivity contribution < 1.29 is 8.42 Å². The van der Waals surface area contributed by atoms with Crippen LogP contribution in [0.2, 0.25) is 0 Å². The molecule has 5 nitrogen and oxygen atoms in total. The number of hydrogen-bond donors (Lipinski definition) is 2. The summed E-state index contributed by atoms with van der Waals surface area (Å²) in [7, 11) is -3.74. The van der Waals surface area contributed by atoms with Gasteiger partial charge in [0.05, 0.1) is 17.6 Å². The van der Waals surface area contributed by atoms with Gasteiger partial charge >= 0.3 is 0 Å². The van der Waals surface area contributed by atoms with Crippen LogP contribution in [0.5, 0.6) is 0 Å². The summed E-state index contributed by atoms with van der Waals surface area (Å²) < 4.78 is 28.4. The lowest BCUT2D eigenvalue weighted by atomic mass is 10.3. The van der Waals surface area contributed by atoms with Gasteiger partial charge in [0.1, 0.15) is 9.50 Å². The molecular formula is C12H11Br2N3O2S. The van der Waals surface area contributed by atoms with Crippen molar-refractivity contribution in [3.63, 3.8) is 0 Å². The van der Waals surface area contributed by atoms with Gasteiger partial charge in [0.25, 0.3) is 10.0 Å². The smallest absolute Gasteiger partial charge is 0.263 e. The molecule has 106 valence electrons. The van der Waals surface area contributed by atoms with E-state index in [1.54, 1.807) is 18.2 Å². The summed E-state index contributed by atoms with van der Waals surface area (Å²) in [5.74, 6) is 0. The van der Waals surface area contributed by atoms with Gasteiger partial charge < -0.3 is 5.73 Å². The molecule has 0 unspecified atom stereocenters. The van der Waals surface area contributed by atoms with Crippen molar-refractivity contribution in [3.8, 4) is 0 Å². The van der Waals surface area contributed by atoms with E-state index >= 15 is 0 Å². The molecule has 0 saturated heterocycles. The number of aromatic nitrogens is 1. The normalized spacial score (nSPS) is 11.3. The molecule has 0 fully saturated rings. The molecule has 2 aromatic rings. The van der Waals surface area contributed by atoms with Crippen molar-refractivity contribution in [1.29, 1.82) is 0 Å². The van der Waals surface area contributed by atoms with Crippen LogP contribution < -0.4 is 10.5 Å². The molecule has 1 heterocycles. The first-order valence-corrected chi connectivity index (χ1v) is 8.56. The van der Waals surface area contributed by atoms with Gasteiger partial charge in [0, 0.05) is 4.47 Å². The van der Waals surface area contributed by atoms with Crippen LogP contribution in [-0.4, -0.2) is 13.4 Å². The van der Waals surface area contributed by atoms with Crippen LogP contribution in [0.15, 0.2) is 44.4 Å². The van der Waals surface area contributed by atoms with E-state index in [9.17, 15) is 8.42 Å². The van der Waals surface area contributed by atoms with Gasteiger partial charge in [0.15, 0.2) is 0 Å². The van der Waals surface area contributed by atoms with Crippen LogP contribution in [0.4, 0.5) is 11.4 Å². The summed E-state index contributed by atoms with van der Waals surface area (Å²) in [4.78, 5) is 4.07. The number of nitrogens with two attached hydrogens (primary N) is 1. The molecular weight excluding hydrogens is 410 g/mol. The van der Waals surface area contributed by atoms with Crippen LogP contribution in [0, 0.1) is 6.92 Å². The predicted molar refractivity (Wildman–Crippen MR) is 86.0 cm³/mol. The number of rotatable bonds is 3. The molecule has 0 aliphatic carbocycles. The average Bonchev–Trinajstić information content (AvgIpc) is 2.33. The van der Waals surface area contributed by atoms with Gasteiger partial charge in [-0.15, -0.1) is 0 Å². The zero-order valence-electron chi connectivity index (χ0n) is 10.4. The summed E-state index contributed by atoms with van der Waals surface area (Å²) >= 11 is 6.50. The molecule has 0 saturated carbocycles. The lowest BCUT2D eigenvalue weighted by Crippen LogP contribution is -2.15. The Morgan fingerprint density at radius 1 is 1.25 bits per heavy atom. The van der Waals surface area contributed by atoms with Gasteiger partial charge in [-0.1, -0.05) is 15.9 Å². The summed E-state index contributed by atoms with van der Waals surface area (Å²) in [5.41, 5.74) is 7.13. The molecule has 0 radical (unpaired) electrons. The zero-order valence-corrected chi connectivity index (χ0v) is 14.4. The quantitative estimate of drug-likeness (QED) is 0.589. The Bertz CT molecular complexity index is 763. The van der Waals surface area contributed by atoms with Gasteiger partial charge in [-0.2, -0.15) is 0 Å². The summed E-state index contributed by atoms with van der Waals surface area (Å²) in [6.45, 7) is 1.82. The van der Waals surface area contributed by atoms with Gasteiger partial charge in [-0.05, 0) is 52.7 Å². The van der Waals surface area contributed by atoms with Gasteiger partial charge in [-0.3, -0.25) is 4.72 Å². The topological polar surface area (TPSA) is 85.1 Å². The lowest BCUT2D eigenvalue weighted by molar-refractivity contribution is 0.601. The van der Waals surface area contributed by atoms with Crippen molar-refractivity contribution in [2.75, 3.05) is 10.5 Å². The number of pyridine rings is 1. The Kier molecular flexibility index (Phi) is 4.36. The van der Waals surface area contributed by atoms with Crippen LogP contribution >= 0.6 is 31.9 Å². The third-order valence-corrected chi connectivity index (χ3v) is 5.31. The largest absolute Gasteiger partial charge is 0.398 e. The Hall–Kier alpha value is -1.12. The third-order valence-electron chi connectivity index (χ3n) is 2.53. The molecule has 0 bridgehead atoms. The number of aryl methyl sites for hydroxylation is 1. The van der Waals surface area contributed by atoms with E-state index in [2.05, 4.69) is 41.6 Å². The molecule has 8 heteroatoms. The summed E-state index contributed by atoms with van der Waals surface area (Å²) in [6, 6.07) is 6.29. The molecule has 0 amide bonds. The molecule has 2 rings (SSSR count). The molecule has 1 aromatic heterocycles. The Morgan fingerprint density at radius 2 is 1.95 bits per heavy atom. The lowest BCUT2D eigenvalue weighted by Gasteiger charge is -2.11. The first-order chi connectivity index (χ1) is 9.29. The summed E-state index contributed by atoms with van der Waals surface area (Å²) in [6.07, 6.45) is 1.43. The highest BCUT2D eigenvalue weighted by Gasteiger charge is 2.18. The molecule has 20 heavy (non-hydrogen) atoms. The second-order valence-corrected chi connectivity index (χ2v) is 7.44. The number of nitrogens with one attached hydrogen (secondary N) is 1. The number of nitrogen functional groups attached to an aromatic ring is 1. The maximum atomic E-state index is 12.3. The highest BCUT2D eigenvalue weighted by atomic mass is 79.9. The van der Waals surface area contributed by atoms with E-state index in [1.807, 2.05) is 6.92 Å². The molecule has 0 atom stereocenters. The SMILES string of the molecule is Cc1cc(NS(=O)(=O)c2ccc(Br)cc2N)cnc1Br. The van der Waals surface area contributed by atoms with E-state index in [-0.39, 0.29) is 10.6 Å². The van der Waals surface area contributed by atoms with Crippen molar-refractivity contribution >= 4 is 53.3 Å². The second kappa shape index (κ2) is 5.71. The maximum absolute atomic E-state index is 12.3. The molecule has 1 aromatic carbocycles. The fourth-order valence-corrected chi connectivity index (χ4v) is 3.33. The fourth-order valence-electron chi connectivity index (χ4n) is 1.59. The number of halogens is 2. The van der Waals surface area contributed by atoms with E-state index < -0.39 is 10.0 Å². The van der Waals surface area contributed by atoms with Crippen molar-refractivity contribution in [3.05, 3.63) is 45.1 Å². The standard InChI is InChI=1S/C12H11Br2N3O2S/c1-7-4-9(6-16-12(7)14)17-20(18,19)11-3-2-8(13)5-10(11)15/h2-6,17H,15H2,1H3. The monoisotopic (exact) mass is 419 g/mol. The van der Waals surface area contributed by atoms with E-state index in [0.29, 0.717) is 10.3 Å². The van der Waals surface area contributed by atoms with Crippen LogP contribution in [0.3, 0.4) is 0 Å². The minimum atomic E-state index is -3.74. The van der Waals surface area contributed by atoms with E-state index in [4.69, 9.17) is 5.73 Å². The van der Waals surface area contributed by atoms with E-state index in [1.165, 1.54) is 12.3 Å².